The molecule has 8 heteroatoms. The van der Waals surface area contributed by atoms with Gasteiger partial charge in [-0.1, -0.05) is 17.7 Å². The van der Waals surface area contributed by atoms with Crippen LogP contribution in [-0.2, 0) is 4.79 Å². The van der Waals surface area contributed by atoms with Gasteiger partial charge in [-0.3, -0.25) is 9.78 Å². The van der Waals surface area contributed by atoms with Crippen LogP contribution in [0.15, 0.2) is 36.5 Å². The molecule has 2 N–H and O–H groups in total. The van der Waals surface area contributed by atoms with Crippen LogP contribution in [-0.4, -0.2) is 35.5 Å². The minimum absolute atomic E-state index is 0.0751. The highest BCUT2D eigenvalue weighted by atomic mass is 35.5. The second-order valence-electron chi connectivity index (χ2n) is 6.75. The maximum absolute atomic E-state index is 12.8. The van der Waals surface area contributed by atoms with Crippen LogP contribution in [0.3, 0.4) is 0 Å². The summed E-state index contributed by atoms with van der Waals surface area (Å²) >= 11 is 6.23. The van der Waals surface area contributed by atoms with Gasteiger partial charge in [0, 0.05) is 18.9 Å². The average molecular weight is 387 g/mol. The number of carbonyl (C=O) groups is 2. The first-order valence-corrected chi connectivity index (χ1v) is 9.11. The molecule has 2 aliphatic rings. The van der Waals surface area contributed by atoms with Gasteiger partial charge in [0.2, 0.25) is 0 Å². The van der Waals surface area contributed by atoms with Crippen molar-refractivity contribution in [3.8, 4) is 5.75 Å². The summed E-state index contributed by atoms with van der Waals surface area (Å²) in [5.74, 6) is 0.561. The van der Waals surface area contributed by atoms with Gasteiger partial charge in [-0.05, 0) is 43.0 Å². The topological polar surface area (TPSA) is 83.6 Å². The Balaban J connectivity index is 1.54. The summed E-state index contributed by atoms with van der Waals surface area (Å²) < 4.78 is 5.33. The molecule has 0 radical (unpaired) electrons. The van der Waals surface area contributed by atoms with E-state index in [4.69, 9.17) is 16.3 Å². The number of urea groups is 1. The molecular weight excluding hydrogens is 368 g/mol. The number of nitrogens with zero attached hydrogens (tertiary/aromatic N) is 2. The third-order valence-electron chi connectivity index (χ3n) is 4.71. The molecular formula is C19H19ClN4O3. The fraction of sp³-hybridized carbons (Fsp3) is 0.316. The summed E-state index contributed by atoms with van der Waals surface area (Å²) in [5.41, 5.74) is 1.80. The van der Waals surface area contributed by atoms with Crippen LogP contribution >= 0.6 is 11.6 Å². The zero-order chi connectivity index (χ0) is 19.0. The van der Waals surface area contributed by atoms with Crippen LogP contribution in [0.25, 0.3) is 0 Å². The van der Waals surface area contributed by atoms with Gasteiger partial charge in [-0.15, -0.1) is 0 Å². The average Bonchev–Trinajstić information content (AvgIpc) is 3.47. The van der Waals surface area contributed by atoms with E-state index in [1.165, 1.54) is 0 Å². The minimum Gasteiger partial charge on any atom is -0.480 e. The number of carbonyl (C=O) groups excluding carboxylic acids is 2. The van der Waals surface area contributed by atoms with Gasteiger partial charge in [0.1, 0.15) is 0 Å². The number of nitrogens with one attached hydrogen (secondary N) is 2. The number of benzene rings is 1. The Morgan fingerprint density at radius 1 is 1.41 bits per heavy atom. The van der Waals surface area contributed by atoms with Crippen LogP contribution in [0.5, 0.6) is 5.75 Å². The molecule has 0 saturated heterocycles. The van der Waals surface area contributed by atoms with Crippen molar-refractivity contribution in [3.63, 3.8) is 0 Å². The fourth-order valence-corrected chi connectivity index (χ4v) is 3.56. The molecule has 0 unspecified atom stereocenters. The predicted octanol–water partition coefficient (Wildman–Crippen LogP) is 3.68. The molecule has 1 aromatic heterocycles. The Bertz CT molecular complexity index is 886. The molecule has 1 fully saturated rings. The van der Waals surface area contributed by atoms with Crippen molar-refractivity contribution in [2.24, 2.45) is 5.92 Å². The number of hydrogen-bond donors (Lipinski definition) is 2. The number of pyridine rings is 1. The Morgan fingerprint density at radius 2 is 2.22 bits per heavy atom. The Kier molecular flexibility index (Phi) is 4.61. The Hall–Kier alpha value is -2.80. The predicted molar refractivity (Wildman–Crippen MR) is 102 cm³/mol. The molecule has 140 valence electrons. The second-order valence-corrected chi connectivity index (χ2v) is 7.16. The van der Waals surface area contributed by atoms with E-state index in [0.717, 1.165) is 18.5 Å². The molecule has 0 bridgehead atoms. The van der Waals surface area contributed by atoms with E-state index in [9.17, 15) is 9.59 Å². The van der Waals surface area contributed by atoms with Crippen molar-refractivity contribution < 1.29 is 14.3 Å². The molecule has 1 aliphatic carbocycles. The molecule has 0 spiro atoms. The molecule has 1 aliphatic heterocycles. The number of aromatic nitrogens is 1. The lowest BCUT2D eigenvalue weighted by Crippen LogP contribution is -2.36. The first-order valence-electron chi connectivity index (χ1n) is 8.74. The molecule has 27 heavy (non-hydrogen) atoms. The second kappa shape index (κ2) is 7.08. The lowest BCUT2D eigenvalue weighted by Gasteiger charge is -2.28. The number of anilines is 2. The van der Waals surface area contributed by atoms with Gasteiger partial charge in [-0.25, -0.2) is 4.79 Å². The number of amides is 3. The quantitative estimate of drug-likeness (QED) is 0.839. The summed E-state index contributed by atoms with van der Waals surface area (Å²) in [6.45, 7) is -0.0751. The zero-order valence-corrected chi connectivity index (χ0v) is 15.5. The molecule has 1 atom stereocenters. The molecule has 2 aromatic rings. The third kappa shape index (κ3) is 3.68. The van der Waals surface area contributed by atoms with Crippen LogP contribution in [0.4, 0.5) is 16.2 Å². The van der Waals surface area contributed by atoms with Gasteiger partial charge in [-0.2, -0.15) is 0 Å². The molecule has 7 nitrogen and oxygen atoms in total. The molecule has 1 saturated carbocycles. The van der Waals surface area contributed by atoms with Crippen molar-refractivity contribution in [1.29, 1.82) is 0 Å². The molecule has 1 aromatic carbocycles. The van der Waals surface area contributed by atoms with Gasteiger partial charge in [0.05, 0.1) is 22.4 Å². The van der Waals surface area contributed by atoms with Crippen molar-refractivity contribution in [2.75, 3.05) is 24.3 Å². The van der Waals surface area contributed by atoms with Crippen LogP contribution in [0, 0.1) is 5.92 Å². The number of fused-ring (bicyclic) bond motifs is 1. The first kappa shape index (κ1) is 17.6. The molecule has 2 heterocycles. The summed E-state index contributed by atoms with van der Waals surface area (Å²) in [6.07, 6.45) is 3.89. The molecule has 3 amide bonds. The van der Waals surface area contributed by atoms with E-state index in [1.807, 2.05) is 18.2 Å². The summed E-state index contributed by atoms with van der Waals surface area (Å²) in [4.78, 5) is 30.4. The first-order chi connectivity index (χ1) is 13.0. The molecule has 4 rings (SSSR count). The number of ether oxygens (including phenoxy) is 1. The van der Waals surface area contributed by atoms with Crippen molar-refractivity contribution in [3.05, 3.63) is 47.2 Å². The standard InChI is InChI=1S/C19H19ClN4O3/c1-24(17(11-5-6-11)14-4-2-3-7-21-14)19(26)22-12-8-13(20)18-15(9-12)23-16(25)10-27-18/h2-4,7-9,11,17H,5-6,10H2,1H3,(H,22,26)(H,23,25)/t17-/m0/s1. The zero-order valence-electron chi connectivity index (χ0n) is 14.7. The normalized spacial score (nSPS) is 16.6. The lowest BCUT2D eigenvalue weighted by molar-refractivity contribution is -0.118. The van der Waals surface area contributed by atoms with E-state index in [2.05, 4.69) is 15.6 Å². The van der Waals surface area contributed by atoms with E-state index in [1.54, 1.807) is 30.3 Å². The highest BCUT2D eigenvalue weighted by molar-refractivity contribution is 6.33. The van der Waals surface area contributed by atoms with Gasteiger partial charge in [0.15, 0.2) is 12.4 Å². The van der Waals surface area contributed by atoms with Gasteiger partial charge in [0.25, 0.3) is 5.91 Å². The SMILES string of the molecule is CN(C(=O)Nc1cc(Cl)c2c(c1)NC(=O)CO2)[C@H](c1ccccn1)C1CC1. The summed E-state index contributed by atoms with van der Waals surface area (Å²) in [7, 11) is 1.76. The Morgan fingerprint density at radius 3 is 2.93 bits per heavy atom. The maximum atomic E-state index is 12.8. The summed E-state index contributed by atoms with van der Waals surface area (Å²) in [5, 5.41) is 5.87. The van der Waals surface area contributed by atoms with E-state index in [0.29, 0.717) is 28.1 Å². The highest BCUT2D eigenvalue weighted by Gasteiger charge is 2.37. The van der Waals surface area contributed by atoms with E-state index < -0.39 is 0 Å². The van der Waals surface area contributed by atoms with Crippen molar-refractivity contribution >= 4 is 34.9 Å². The van der Waals surface area contributed by atoms with Crippen LogP contribution in [0.2, 0.25) is 5.02 Å². The number of rotatable bonds is 4. The van der Waals surface area contributed by atoms with Crippen molar-refractivity contribution in [2.45, 2.75) is 18.9 Å². The number of hydrogen-bond acceptors (Lipinski definition) is 4. The van der Waals surface area contributed by atoms with Gasteiger partial charge >= 0.3 is 6.03 Å². The lowest BCUT2D eigenvalue weighted by atomic mass is 10.1. The highest BCUT2D eigenvalue weighted by Crippen LogP contribution is 2.44. The van der Waals surface area contributed by atoms with E-state index >= 15 is 0 Å². The largest absolute Gasteiger partial charge is 0.480 e. The summed E-state index contributed by atoms with van der Waals surface area (Å²) in [6, 6.07) is 8.62. The monoisotopic (exact) mass is 386 g/mol. The van der Waals surface area contributed by atoms with E-state index in [-0.39, 0.29) is 24.6 Å². The maximum Gasteiger partial charge on any atom is 0.322 e. The smallest absolute Gasteiger partial charge is 0.322 e. The van der Waals surface area contributed by atoms with Crippen molar-refractivity contribution in [1.82, 2.24) is 9.88 Å². The number of halogens is 1. The fourth-order valence-electron chi connectivity index (χ4n) is 3.29. The third-order valence-corrected chi connectivity index (χ3v) is 4.99. The minimum atomic E-state index is -0.267. The van der Waals surface area contributed by atoms with Crippen LogP contribution in [0.1, 0.15) is 24.6 Å². The van der Waals surface area contributed by atoms with Crippen LogP contribution < -0.4 is 15.4 Å². The Labute approximate surface area is 161 Å². The van der Waals surface area contributed by atoms with Gasteiger partial charge < -0.3 is 20.3 Å².